The summed E-state index contributed by atoms with van der Waals surface area (Å²) in [6.07, 6.45) is 2.22. The van der Waals surface area contributed by atoms with Crippen LogP contribution >= 0.6 is 0 Å². The first-order valence-electron chi connectivity index (χ1n) is 4.73. The van der Waals surface area contributed by atoms with Crippen LogP contribution in [-0.4, -0.2) is 37.4 Å². The van der Waals surface area contributed by atoms with Gasteiger partial charge < -0.3 is 15.2 Å². The van der Waals surface area contributed by atoms with Crippen molar-refractivity contribution in [2.24, 2.45) is 5.41 Å². The lowest BCUT2D eigenvalue weighted by molar-refractivity contribution is -0.178. The first kappa shape index (κ1) is 10.5. The zero-order valence-corrected chi connectivity index (χ0v) is 8.01. The molecule has 1 heterocycles. The number of aliphatic carboxylic acids is 1. The van der Waals surface area contributed by atoms with Crippen LogP contribution in [-0.2, 0) is 9.53 Å². The van der Waals surface area contributed by atoms with Crippen LogP contribution in [0.25, 0.3) is 0 Å². The zero-order chi connectivity index (χ0) is 9.73. The Labute approximate surface area is 78.3 Å². The Kier molecular flexibility index (Phi) is 3.69. The second-order valence-corrected chi connectivity index (χ2v) is 3.61. The van der Waals surface area contributed by atoms with Crippen molar-refractivity contribution in [1.29, 1.82) is 0 Å². The van der Waals surface area contributed by atoms with Gasteiger partial charge in [0.2, 0.25) is 0 Å². The van der Waals surface area contributed by atoms with E-state index in [1.54, 1.807) is 0 Å². The van der Waals surface area contributed by atoms with Crippen molar-refractivity contribution in [3.8, 4) is 0 Å². The predicted molar refractivity (Wildman–Crippen MR) is 48.7 cm³/mol. The Morgan fingerprint density at radius 1 is 1.62 bits per heavy atom. The fourth-order valence-corrected chi connectivity index (χ4v) is 1.28. The van der Waals surface area contributed by atoms with Crippen molar-refractivity contribution in [2.75, 3.05) is 26.3 Å². The molecule has 0 aromatic carbocycles. The molecule has 0 saturated carbocycles. The third-order valence-electron chi connectivity index (χ3n) is 2.38. The number of carboxylic acids is 1. The van der Waals surface area contributed by atoms with Crippen LogP contribution in [0.5, 0.6) is 0 Å². The van der Waals surface area contributed by atoms with Crippen LogP contribution in [0.2, 0.25) is 0 Å². The Bertz CT molecular complexity index is 178. The van der Waals surface area contributed by atoms with Crippen LogP contribution in [0.3, 0.4) is 0 Å². The normalized spacial score (nSPS) is 19.5. The molecule has 1 aliphatic rings. The summed E-state index contributed by atoms with van der Waals surface area (Å²) < 4.78 is 4.94. The highest BCUT2D eigenvalue weighted by Gasteiger charge is 2.45. The predicted octanol–water partition coefficient (Wildman–Crippen LogP) is 0.477. The standard InChI is InChI=1S/C9H17NO3/c1-2-3-4-10-5-9(8(11)12)6-13-7-9/h10H,2-7H2,1H3,(H,11,12). The topological polar surface area (TPSA) is 58.6 Å². The Morgan fingerprint density at radius 3 is 2.69 bits per heavy atom. The van der Waals surface area contributed by atoms with Crippen molar-refractivity contribution in [3.63, 3.8) is 0 Å². The van der Waals surface area contributed by atoms with Gasteiger partial charge >= 0.3 is 5.97 Å². The molecule has 0 aromatic rings. The largest absolute Gasteiger partial charge is 0.481 e. The molecule has 0 atom stereocenters. The van der Waals surface area contributed by atoms with Gasteiger partial charge in [0.05, 0.1) is 13.2 Å². The van der Waals surface area contributed by atoms with Gasteiger partial charge in [0.15, 0.2) is 0 Å². The fourth-order valence-electron chi connectivity index (χ4n) is 1.28. The summed E-state index contributed by atoms with van der Waals surface area (Å²) in [6, 6.07) is 0. The molecule has 0 aliphatic carbocycles. The summed E-state index contributed by atoms with van der Waals surface area (Å²) in [4.78, 5) is 10.8. The van der Waals surface area contributed by atoms with Gasteiger partial charge in [-0.25, -0.2) is 0 Å². The molecule has 0 amide bonds. The number of hydrogen-bond acceptors (Lipinski definition) is 3. The highest BCUT2D eigenvalue weighted by molar-refractivity contribution is 5.76. The second kappa shape index (κ2) is 4.58. The molecule has 76 valence electrons. The van der Waals surface area contributed by atoms with E-state index in [9.17, 15) is 4.79 Å². The van der Waals surface area contributed by atoms with Gasteiger partial charge in [-0.15, -0.1) is 0 Å². The molecule has 2 N–H and O–H groups in total. The third-order valence-corrected chi connectivity index (χ3v) is 2.38. The van der Waals surface area contributed by atoms with Gasteiger partial charge in [0.25, 0.3) is 0 Å². The Hall–Kier alpha value is -0.610. The third kappa shape index (κ3) is 2.42. The van der Waals surface area contributed by atoms with Gasteiger partial charge in [-0.3, -0.25) is 4.79 Å². The van der Waals surface area contributed by atoms with Crippen molar-refractivity contribution in [2.45, 2.75) is 19.8 Å². The number of carbonyl (C=O) groups is 1. The van der Waals surface area contributed by atoms with E-state index < -0.39 is 11.4 Å². The minimum atomic E-state index is -0.747. The van der Waals surface area contributed by atoms with E-state index in [1.165, 1.54) is 0 Å². The number of unbranched alkanes of at least 4 members (excludes halogenated alkanes) is 1. The molecule has 4 heteroatoms. The van der Waals surface area contributed by atoms with Crippen LogP contribution < -0.4 is 5.32 Å². The summed E-state index contributed by atoms with van der Waals surface area (Å²) in [5.41, 5.74) is -0.645. The van der Waals surface area contributed by atoms with E-state index >= 15 is 0 Å². The minimum Gasteiger partial charge on any atom is -0.481 e. The van der Waals surface area contributed by atoms with Crippen molar-refractivity contribution >= 4 is 5.97 Å². The maximum absolute atomic E-state index is 10.8. The van der Waals surface area contributed by atoms with Crippen LogP contribution in [0.1, 0.15) is 19.8 Å². The molecule has 0 spiro atoms. The maximum Gasteiger partial charge on any atom is 0.315 e. The smallest absolute Gasteiger partial charge is 0.315 e. The monoisotopic (exact) mass is 187 g/mol. The second-order valence-electron chi connectivity index (χ2n) is 3.61. The van der Waals surface area contributed by atoms with Crippen LogP contribution in [0.4, 0.5) is 0 Å². The molecule has 4 nitrogen and oxygen atoms in total. The molecule has 1 fully saturated rings. The van der Waals surface area contributed by atoms with E-state index in [2.05, 4.69) is 12.2 Å². The number of nitrogens with one attached hydrogen (secondary N) is 1. The van der Waals surface area contributed by atoms with E-state index in [1.807, 2.05) is 0 Å². The summed E-state index contributed by atoms with van der Waals surface area (Å²) in [6.45, 7) is 4.23. The van der Waals surface area contributed by atoms with E-state index in [0.29, 0.717) is 19.8 Å². The summed E-state index contributed by atoms with van der Waals surface area (Å²) in [5.74, 6) is -0.747. The molecule has 13 heavy (non-hydrogen) atoms. The number of rotatable bonds is 6. The molecule has 0 bridgehead atoms. The molecule has 0 radical (unpaired) electrons. The van der Waals surface area contributed by atoms with Crippen LogP contribution in [0.15, 0.2) is 0 Å². The molecule has 0 aromatic heterocycles. The lowest BCUT2D eigenvalue weighted by Crippen LogP contribution is -2.55. The molecular formula is C9H17NO3. The molecule has 1 rings (SSSR count). The van der Waals surface area contributed by atoms with Gasteiger partial charge in [-0.05, 0) is 13.0 Å². The first-order valence-corrected chi connectivity index (χ1v) is 4.73. The summed E-state index contributed by atoms with van der Waals surface area (Å²) >= 11 is 0. The average Bonchev–Trinajstić information content (AvgIpc) is 2.01. The zero-order valence-electron chi connectivity index (χ0n) is 8.01. The van der Waals surface area contributed by atoms with E-state index in [4.69, 9.17) is 9.84 Å². The van der Waals surface area contributed by atoms with Gasteiger partial charge in [0.1, 0.15) is 5.41 Å². The summed E-state index contributed by atoms with van der Waals surface area (Å²) in [7, 11) is 0. The van der Waals surface area contributed by atoms with Gasteiger partial charge in [0, 0.05) is 6.54 Å². The Balaban J connectivity index is 2.21. The number of hydrogen-bond donors (Lipinski definition) is 2. The molecule has 1 aliphatic heterocycles. The van der Waals surface area contributed by atoms with Gasteiger partial charge in [-0.1, -0.05) is 13.3 Å². The van der Waals surface area contributed by atoms with Gasteiger partial charge in [-0.2, -0.15) is 0 Å². The lowest BCUT2D eigenvalue weighted by Gasteiger charge is -2.37. The maximum atomic E-state index is 10.8. The molecule has 0 unspecified atom stereocenters. The van der Waals surface area contributed by atoms with E-state index in [0.717, 1.165) is 19.4 Å². The quantitative estimate of drug-likeness (QED) is 0.594. The minimum absolute atomic E-state index is 0.349. The summed E-state index contributed by atoms with van der Waals surface area (Å²) in [5, 5.41) is 12.1. The SMILES string of the molecule is CCCCNCC1(C(=O)O)COC1. The van der Waals surface area contributed by atoms with Crippen LogP contribution in [0, 0.1) is 5.41 Å². The Morgan fingerprint density at radius 2 is 2.31 bits per heavy atom. The average molecular weight is 187 g/mol. The molecular weight excluding hydrogens is 170 g/mol. The lowest BCUT2D eigenvalue weighted by atomic mass is 9.86. The van der Waals surface area contributed by atoms with E-state index in [-0.39, 0.29) is 0 Å². The highest BCUT2D eigenvalue weighted by Crippen LogP contribution is 2.26. The first-order chi connectivity index (χ1) is 6.21. The highest BCUT2D eigenvalue weighted by atomic mass is 16.5. The number of ether oxygens (including phenoxy) is 1. The number of carboxylic acid groups (broad SMARTS) is 1. The van der Waals surface area contributed by atoms with Crippen molar-refractivity contribution in [3.05, 3.63) is 0 Å². The van der Waals surface area contributed by atoms with Crippen molar-refractivity contribution < 1.29 is 14.6 Å². The van der Waals surface area contributed by atoms with Crippen molar-refractivity contribution in [1.82, 2.24) is 5.32 Å². The molecule has 1 saturated heterocycles. The fraction of sp³-hybridized carbons (Fsp3) is 0.889.